The van der Waals surface area contributed by atoms with E-state index >= 15 is 0 Å². The monoisotopic (exact) mass is 448 g/mol. The molecule has 0 aliphatic carbocycles. The molecule has 7 heteroatoms. The van der Waals surface area contributed by atoms with Gasteiger partial charge in [-0.25, -0.2) is 4.79 Å². The molecule has 180 valence electrons. The average Bonchev–Trinajstić information content (AvgIpc) is 2.97. The second-order valence-corrected chi connectivity index (χ2v) is 9.00. The molecule has 0 fully saturated rings. The molecule has 1 aromatic rings. The number of anilines is 1. The Balaban J connectivity index is 0.000000534. The number of hydrogen-bond acceptors (Lipinski definition) is 5. The standard InChI is InChI=1S/C20H28N2O4.C5H12O/c1-5-15-16-7-9-21(19(24)26-20(2,3)4)8-6-14(16)12-17-18(15)22(13-23)10-11-25-17;1-3-5-6-4-2/h12-13H,5-11H2,1-4H3;3-5H2,1-2H3. The van der Waals surface area contributed by atoms with Crippen molar-refractivity contribution in [3.05, 3.63) is 22.8 Å². The molecule has 2 aliphatic rings. The lowest BCUT2D eigenvalue weighted by Gasteiger charge is -2.30. The van der Waals surface area contributed by atoms with Crippen molar-refractivity contribution in [2.75, 3.05) is 44.4 Å². The summed E-state index contributed by atoms with van der Waals surface area (Å²) in [5.41, 5.74) is 4.02. The van der Waals surface area contributed by atoms with E-state index in [0.29, 0.717) is 26.2 Å². The molecule has 0 aromatic heterocycles. The maximum absolute atomic E-state index is 12.5. The molecule has 0 radical (unpaired) electrons. The second-order valence-electron chi connectivity index (χ2n) is 9.00. The Bertz CT molecular complexity index is 769. The lowest BCUT2D eigenvalue weighted by Crippen LogP contribution is -2.38. The van der Waals surface area contributed by atoms with Crippen molar-refractivity contribution in [2.45, 2.75) is 72.8 Å². The van der Waals surface area contributed by atoms with Crippen molar-refractivity contribution in [1.82, 2.24) is 4.90 Å². The summed E-state index contributed by atoms with van der Waals surface area (Å²) >= 11 is 0. The van der Waals surface area contributed by atoms with Crippen LogP contribution in [0.5, 0.6) is 5.75 Å². The molecule has 2 aliphatic heterocycles. The highest BCUT2D eigenvalue weighted by Gasteiger charge is 2.29. The van der Waals surface area contributed by atoms with E-state index in [4.69, 9.17) is 14.2 Å². The molecule has 0 N–H and O–H groups in total. The second kappa shape index (κ2) is 12.1. The molecule has 1 aromatic carbocycles. The van der Waals surface area contributed by atoms with E-state index in [-0.39, 0.29) is 6.09 Å². The first-order chi connectivity index (χ1) is 15.3. The number of amides is 2. The van der Waals surface area contributed by atoms with Crippen LogP contribution in [-0.4, -0.2) is 62.5 Å². The summed E-state index contributed by atoms with van der Waals surface area (Å²) in [5, 5.41) is 0. The van der Waals surface area contributed by atoms with Gasteiger partial charge in [-0.3, -0.25) is 4.79 Å². The topological polar surface area (TPSA) is 68.3 Å². The fourth-order valence-corrected chi connectivity index (χ4v) is 4.02. The highest BCUT2D eigenvalue weighted by Crippen LogP contribution is 2.40. The van der Waals surface area contributed by atoms with Crippen molar-refractivity contribution in [3.63, 3.8) is 0 Å². The third kappa shape index (κ3) is 6.86. The van der Waals surface area contributed by atoms with E-state index < -0.39 is 5.60 Å². The van der Waals surface area contributed by atoms with Crippen LogP contribution in [0.15, 0.2) is 6.07 Å². The van der Waals surface area contributed by atoms with Gasteiger partial charge in [0.25, 0.3) is 0 Å². The molecule has 32 heavy (non-hydrogen) atoms. The molecule has 2 amide bonds. The zero-order valence-electron chi connectivity index (χ0n) is 20.7. The largest absolute Gasteiger partial charge is 0.490 e. The molecular formula is C25H40N2O5. The van der Waals surface area contributed by atoms with Gasteiger partial charge < -0.3 is 24.0 Å². The summed E-state index contributed by atoms with van der Waals surface area (Å²) in [7, 11) is 0. The molecular weight excluding hydrogens is 408 g/mol. The molecule has 3 rings (SSSR count). The van der Waals surface area contributed by atoms with Gasteiger partial charge in [0.15, 0.2) is 0 Å². The first-order valence-electron chi connectivity index (χ1n) is 11.8. The van der Waals surface area contributed by atoms with Gasteiger partial charge in [0.1, 0.15) is 18.0 Å². The van der Waals surface area contributed by atoms with Crippen molar-refractivity contribution >= 4 is 18.2 Å². The lowest BCUT2D eigenvalue weighted by atomic mass is 9.92. The maximum atomic E-state index is 12.5. The number of fused-ring (bicyclic) bond motifs is 2. The van der Waals surface area contributed by atoms with E-state index in [1.807, 2.05) is 27.7 Å². The van der Waals surface area contributed by atoms with Crippen molar-refractivity contribution in [2.24, 2.45) is 0 Å². The normalized spacial score (nSPS) is 15.4. The smallest absolute Gasteiger partial charge is 0.410 e. The van der Waals surface area contributed by atoms with Gasteiger partial charge in [0.2, 0.25) is 6.41 Å². The number of ether oxygens (including phenoxy) is 3. The van der Waals surface area contributed by atoms with Gasteiger partial charge in [0, 0.05) is 26.3 Å². The zero-order chi connectivity index (χ0) is 23.7. The van der Waals surface area contributed by atoms with Gasteiger partial charge in [-0.2, -0.15) is 0 Å². The first-order valence-corrected chi connectivity index (χ1v) is 11.8. The van der Waals surface area contributed by atoms with Crippen LogP contribution in [0.25, 0.3) is 0 Å². The quantitative estimate of drug-likeness (QED) is 0.494. The van der Waals surface area contributed by atoms with Gasteiger partial charge in [-0.05, 0) is 76.1 Å². The van der Waals surface area contributed by atoms with Crippen molar-refractivity contribution < 1.29 is 23.8 Å². The average molecular weight is 449 g/mol. The van der Waals surface area contributed by atoms with Gasteiger partial charge >= 0.3 is 6.09 Å². The van der Waals surface area contributed by atoms with Gasteiger partial charge in [0.05, 0.1) is 12.2 Å². The zero-order valence-corrected chi connectivity index (χ0v) is 20.7. The van der Waals surface area contributed by atoms with Crippen LogP contribution in [0, 0.1) is 0 Å². The summed E-state index contributed by atoms with van der Waals surface area (Å²) < 4.78 is 16.4. The predicted octanol–water partition coefficient (Wildman–Crippen LogP) is 4.37. The lowest BCUT2D eigenvalue weighted by molar-refractivity contribution is -0.107. The minimum Gasteiger partial charge on any atom is -0.490 e. The predicted molar refractivity (Wildman–Crippen MR) is 127 cm³/mol. The minimum atomic E-state index is -0.498. The van der Waals surface area contributed by atoms with E-state index in [1.54, 1.807) is 9.80 Å². The fraction of sp³-hybridized carbons (Fsp3) is 0.680. The Labute approximate surface area is 193 Å². The third-order valence-electron chi connectivity index (χ3n) is 5.42. The minimum absolute atomic E-state index is 0.265. The summed E-state index contributed by atoms with van der Waals surface area (Å²) in [5.74, 6) is 0.782. The Kier molecular flexibility index (Phi) is 9.82. The highest BCUT2D eigenvalue weighted by molar-refractivity contribution is 5.83. The van der Waals surface area contributed by atoms with Crippen LogP contribution in [-0.2, 0) is 33.5 Å². The summed E-state index contributed by atoms with van der Waals surface area (Å²) in [4.78, 5) is 27.5. The molecule has 0 spiro atoms. The number of nitrogens with zero attached hydrogens (tertiary/aromatic N) is 2. The Hall–Kier alpha value is -2.28. The van der Waals surface area contributed by atoms with E-state index in [0.717, 1.165) is 62.3 Å². The van der Waals surface area contributed by atoms with Gasteiger partial charge in [-0.1, -0.05) is 13.8 Å². The number of carbonyl (C=O) groups is 2. The SMILES string of the molecule is CCCOCC.CCc1c2c(cc3c1N(C=O)CCO3)CCN(C(=O)OC(C)(C)C)CC2. The third-order valence-corrected chi connectivity index (χ3v) is 5.42. The summed E-state index contributed by atoms with van der Waals surface area (Å²) in [6, 6.07) is 2.05. The van der Waals surface area contributed by atoms with Crippen LogP contribution in [0.3, 0.4) is 0 Å². The van der Waals surface area contributed by atoms with Crippen LogP contribution in [0.1, 0.15) is 64.7 Å². The maximum Gasteiger partial charge on any atom is 0.410 e. The van der Waals surface area contributed by atoms with Crippen LogP contribution < -0.4 is 9.64 Å². The van der Waals surface area contributed by atoms with Crippen LogP contribution >= 0.6 is 0 Å². The van der Waals surface area contributed by atoms with Crippen molar-refractivity contribution in [1.29, 1.82) is 0 Å². The Morgan fingerprint density at radius 3 is 2.44 bits per heavy atom. The number of hydrogen-bond donors (Lipinski definition) is 0. The fourth-order valence-electron chi connectivity index (χ4n) is 4.02. The molecule has 0 saturated heterocycles. The summed E-state index contributed by atoms with van der Waals surface area (Å²) in [6.45, 7) is 16.0. The molecule has 0 saturated carbocycles. The van der Waals surface area contributed by atoms with Gasteiger partial charge in [-0.15, -0.1) is 0 Å². The van der Waals surface area contributed by atoms with E-state index in [9.17, 15) is 9.59 Å². The molecule has 0 atom stereocenters. The Morgan fingerprint density at radius 2 is 1.88 bits per heavy atom. The van der Waals surface area contributed by atoms with Crippen molar-refractivity contribution in [3.8, 4) is 5.75 Å². The summed E-state index contributed by atoms with van der Waals surface area (Å²) in [6.07, 6.45) is 4.10. The number of benzene rings is 1. The molecule has 0 bridgehead atoms. The van der Waals surface area contributed by atoms with E-state index in [2.05, 4.69) is 19.9 Å². The number of rotatable bonds is 5. The molecule has 2 heterocycles. The Morgan fingerprint density at radius 1 is 1.16 bits per heavy atom. The number of carbonyl (C=O) groups excluding carboxylic acids is 2. The first kappa shape index (κ1) is 26.0. The van der Waals surface area contributed by atoms with Crippen LogP contribution in [0.4, 0.5) is 10.5 Å². The molecule has 0 unspecified atom stereocenters. The molecule has 7 nitrogen and oxygen atoms in total. The van der Waals surface area contributed by atoms with E-state index in [1.165, 1.54) is 11.1 Å². The highest BCUT2D eigenvalue weighted by atomic mass is 16.6. The van der Waals surface area contributed by atoms with Crippen LogP contribution in [0.2, 0.25) is 0 Å².